The fourth-order valence-electron chi connectivity index (χ4n) is 0.354. The van der Waals surface area contributed by atoms with Crippen molar-refractivity contribution >= 4 is 37.2 Å². The molecule has 0 saturated carbocycles. The first-order valence-electron chi connectivity index (χ1n) is 2.56. The zero-order valence-electron chi connectivity index (χ0n) is 4.88. The molecule has 0 nitrogen and oxygen atoms in total. The Morgan fingerprint density at radius 1 is 0.800 bits per heavy atom. The SMILES string of the molecule is C.C.C.CCCCC.II. The number of unbranched alkanes of at least 4 members (excludes halogenated alkanes) is 2. The van der Waals surface area contributed by atoms with E-state index >= 15 is 0 Å². The Bertz CT molecular complexity index is 14.7. The smallest absolute Gasteiger partial charge is 0 e. The van der Waals surface area contributed by atoms with E-state index in [0.29, 0.717) is 0 Å². The van der Waals surface area contributed by atoms with Gasteiger partial charge in [-0.05, 0) is 0 Å². The lowest BCUT2D eigenvalue weighted by atomic mass is 10.3. The van der Waals surface area contributed by atoms with Crippen LogP contribution in [0.5, 0.6) is 0 Å². The third kappa shape index (κ3) is 56.6. The Kier molecular flexibility index (Phi) is 141. The number of hydrogen-bond acceptors (Lipinski definition) is 0. The normalized spacial score (nSPS) is 4.80. The van der Waals surface area contributed by atoms with Crippen molar-refractivity contribution in [1.82, 2.24) is 0 Å². The van der Waals surface area contributed by atoms with Gasteiger partial charge in [-0.1, -0.05) is 55.4 Å². The summed E-state index contributed by atoms with van der Waals surface area (Å²) in [5, 5.41) is 0. The fraction of sp³-hybridized carbons (Fsp3) is 1.00. The van der Waals surface area contributed by atoms with Gasteiger partial charge in [0.1, 0.15) is 0 Å². The van der Waals surface area contributed by atoms with Gasteiger partial charge in [0.15, 0.2) is 0 Å². The Morgan fingerprint density at radius 2 is 1.00 bits per heavy atom. The molecule has 0 heterocycles. The van der Waals surface area contributed by atoms with Gasteiger partial charge in [-0.15, -0.1) is 0 Å². The molecule has 0 unspecified atom stereocenters. The van der Waals surface area contributed by atoms with Gasteiger partial charge in [-0.2, -0.15) is 0 Å². The van der Waals surface area contributed by atoms with Gasteiger partial charge in [0, 0.05) is 37.2 Å². The van der Waals surface area contributed by atoms with Crippen LogP contribution in [0.15, 0.2) is 0 Å². The Balaban J connectivity index is -0.0000000154. The van der Waals surface area contributed by atoms with Crippen LogP contribution in [-0.2, 0) is 0 Å². The molecule has 70 valence electrons. The largest absolute Gasteiger partial charge is 0.0776 e. The number of rotatable bonds is 2. The van der Waals surface area contributed by atoms with Crippen molar-refractivity contribution in [3.05, 3.63) is 0 Å². The van der Waals surface area contributed by atoms with E-state index in [1.807, 2.05) is 0 Å². The molecule has 0 aliphatic carbocycles. The molecule has 0 rings (SSSR count). The van der Waals surface area contributed by atoms with Crippen molar-refractivity contribution in [3.8, 4) is 0 Å². The minimum Gasteiger partial charge on any atom is -0.0776 e. The zero-order chi connectivity index (χ0) is 6.12. The molecule has 0 N–H and O–H groups in total. The predicted octanol–water partition coefficient (Wildman–Crippen LogP) is 5.88. The van der Waals surface area contributed by atoms with Crippen LogP contribution in [0.1, 0.15) is 55.4 Å². The number of halogens is 2. The quantitative estimate of drug-likeness (QED) is 0.530. The predicted molar refractivity (Wildman–Crippen MR) is 73.4 cm³/mol. The molecule has 0 fully saturated rings. The van der Waals surface area contributed by atoms with Gasteiger partial charge in [0.25, 0.3) is 0 Å². The second-order valence-corrected chi connectivity index (χ2v) is 1.35. The van der Waals surface area contributed by atoms with Gasteiger partial charge in [0.05, 0.1) is 0 Å². The van der Waals surface area contributed by atoms with Crippen LogP contribution in [0, 0.1) is 0 Å². The van der Waals surface area contributed by atoms with Crippen LogP contribution in [0.3, 0.4) is 0 Å². The molecule has 0 aromatic rings. The summed E-state index contributed by atoms with van der Waals surface area (Å²) in [5.74, 6) is 0. The topological polar surface area (TPSA) is 0 Å². The molecule has 0 bridgehead atoms. The van der Waals surface area contributed by atoms with Crippen molar-refractivity contribution in [2.75, 3.05) is 0 Å². The summed E-state index contributed by atoms with van der Waals surface area (Å²) in [7, 11) is 0. The Labute approximate surface area is 91.9 Å². The molecule has 0 aromatic carbocycles. The minimum absolute atomic E-state index is 0. The van der Waals surface area contributed by atoms with E-state index in [0.717, 1.165) is 0 Å². The maximum atomic E-state index is 2.21. The van der Waals surface area contributed by atoms with Crippen molar-refractivity contribution in [2.24, 2.45) is 0 Å². The van der Waals surface area contributed by atoms with E-state index in [1.54, 1.807) is 0 Å². The van der Waals surface area contributed by atoms with Gasteiger partial charge in [-0.3, -0.25) is 0 Å². The Hall–Kier alpha value is 1.46. The van der Waals surface area contributed by atoms with Crippen molar-refractivity contribution in [3.63, 3.8) is 0 Å². The first-order valence-corrected chi connectivity index (χ1v) is 8.84. The molecule has 10 heavy (non-hydrogen) atoms. The van der Waals surface area contributed by atoms with E-state index in [2.05, 4.69) is 51.1 Å². The molecular weight excluding hydrogens is 350 g/mol. The van der Waals surface area contributed by atoms with Crippen LogP contribution in [0.4, 0.5) is 0 Å². The third-order valence-corrected chi connectivity index (χ3v) is 0.707. The van der Waals surface area contributed by atoms with E-state index in [4.69, 9.17) is 0 Å². The lowest BCUT2D eigenvalue weighted by Crippen LogP contribution is -1.59. The van der Waals surface area contributed by atoms with E-state index in [9.17, 15) is 0 Å². The van der Waals surface area contributed by atoms with Crippen LogP contribution in [-0.4, -0.2) is 0 Å². The first-order chi connectivity index (χ1) is 3.41. The van der Waals surface area contributed by atoms with E-state index < -0.39 is 0 Å². The molecule has 0 aliphatic rings. The highest BCUT2D eigenvalue weighted by atomic mass is 128. The molecule has 0 saturated heterocycles. The third-order valence-electron chi connectivity index (χ3n) is 0.707. The molecule has 0 aromatic heterocycles. The van der Waals surface area contributed by atoms with Gasteiger partial charge >= 0.3 is 0 Å². The number of hydrogen-bond donors (Lipinski definition) is 0. The minimum atomic E-state index is 0. The van der Waals surface area contributed by atoms with Crippen molar-refractivity contribution in [2.45, 2.75) is 55.4 Å². The van der Waals surface area contributed by atoms with Crippen LogP contribution >= 0.6 is 37.2 Å². The molecule has 0 amide bonds. The molecule has 2 heteroatoms. The Morgan fingerprint density at radius 3 is 1.00 bits per heavy atom. The summed E-state index contributed by atoms with van der Waals surface area (Å²) < 4.78 is 0. The molecule has 0 radical (unpaired) electrons. The maximum Gasteiger partial charge on any atom is 0 e. The van der Waals surface area contributed by atoms with Gasteiger partial charge < -0.3 is 0 Å². The lowest BCUT2D eigenvalue weighted by molar-refractivity contribution is 0.772. The fourth-order valence-corrected chi connectivity index (χ4v) is 0.354. The second-order valence-electron chi connectivity index (χ2n) is 1.35. The first kappa shape index (κ1) is 30.0. The summed E-state index contributed by atoms with van der Waals surface area (Å²) in [6.07, 6.45) is 4.08. The van der Waals surface area contributed by atoms with Crippen LogP contribution in [0.25, 0.3) is 0 Å². The maximum absolute atomic E-state index is 2.21. The van der Waals surface area contributed by atoms with Gasteiger partial charge in [-0.25, -0.2) is 0 Å². The van der Waals surface area contributed by atoms with Crippen LogP contribution in [0.2, 0.25) is 0 Å². The lowest BCUT2D eigenvalue weighted by Gasteiger charge is -1.79. The monoisotopic (exact) mass is 374 g/mol. The average molecular weight is 374 g/mol. The highest BCUT2D eigenvalue weighted by Crippen LogP contribution is 1.89. The summed E-state index contributed by atoms with van der Waals surface area (Å²) in [5.41, 5.74) is 0. The highest BCUT2D eigenvalue weighted by molar-refractivity contribution is 15.0. The highest BCUT2D eigenvalue weighted by Gasteiger charge is 1.68. The van der Waals surface area contributed by atoms with E-state index in [1.165, 1.54) is 19.3 Å². The van der Waals surface area contributed by atoms with Crippen LogP contribution < -0.4 is 0 Å². The second kappa shape index (κ2) is 47.1. The molecule has 0 aliphatic heterocycles. The zero-order valence-corrected chi connectivity index (χ0v) is 9.19. The summed E-state index contributed by atoms with van der Waals surface area (Å²) in [6.45, 7) is 4.42. The molecule has 0 atom stereocenters. The van der Waals surface area contributed by atoms with E-state index in [-0.39, 0.29) is 22.3 Å². The van der Waals surface area contributed by atoms with Gasteiger partial charge in [0.2, 0.25) is 0 Å². The summed E-state index contributed by atoms with van der Waals surface area (Å²) in [4.78, 5) is 0. The standard InChI is InChI=1S/C5H12.3CH4.I2/c1-3-5-4-2;;;;1-2/h3-5H2,1-2H3;3*1H4;. The summed E-state index contributed by atoms with van der Waals surface area (Å²) >= 11 is 4.24. The van der Waals surface area contributed by atoms with Crippen molar-refractivity contribution < 1.29 is 0 Å². The van der Waals surface area contributed by atoms with Crippen molar-refractivity contribution in [1.29, 1.82) is 0 Å². The summed E-state index contributed by atoms with van der Waals surface area (Å²) in [6, 6.07) is 0. The molecular formula is C8H24I2. The average Bonchev–Trinajstić information content (AvgIpc) is 1.75. The molecule has 0 spiro atoms.